The lowest BCUT2D eigenvalue weighted by Gasteiger charge is -2.15. The van der Waals surface area contributed by atoms with Crippen LogP contribution >= 0.6 is 15.9 Å². The molecule has 0 saturated carbocycles. The summed E-state index contributed by atoms with van der Waals surface area (Å²) in [6, 6.07) is 8.21. The zero-order valence-corrected chi connectivity index (χ0v) is 13.0. The largest absolute Gasteiger partial charge is 0.493 e. The van der Waals surface area contributed by atoms with Crippen molar-refractivity contribution in [1.29, 1.82) is 0 Å². The minimum atomic E-state index is -0.0642. The summed E-state index contributed by atoms with van der Waals surface area (Å²) >= 11 is 3.56. The minimum Gasteiger partial charge on any atom is -0.493 e. The van der Waals surface area contributed by atoms with Gasteiger partial charge in [0.1, 0.15) is 5.75 Å². The molecule has 2 aromatic rings. The molecule has 4 heteroatoms. The van der Waals surface area contributed by atoms with Gasteiger partial charge in [-0.3, -0.25) is 4.98 Å². The van der Waals surface area contributed by atoms with Gasteiger partial charge in [0.05, 0.1) is 6.61 Å². The molecule has 1 aromatic carbocycles. The average molecular weight is 333 g/mol. The number of nitrogens with zero attached hydrogens (tertiary/aromatic N) is 1. The third kappa shape index (κ3) is 2.72. The second-order valence-electron chi connectivity index (χ2n) is 5.20. The molecule has 0 amide bonds. The van der Waals surface area contributed by atoms with Crippen molar-refractivity contribution in [3.8, 4) is 5.75 Å². The van der Waals surface area contributed by atoms with Gasteiger partial charge in [-0.1, -0.05) is 22.0 Å². The van der Waals surface area contributed by atoms with E-state index >= 15 is 0 Å². The highest BCUT2D eigenvalue weighted by molar-refractivity contribution is 9.10. The first-order chi connectivity index (χ1) is 9.63. The molecule has 104 valence electrons. The molecular weight excluding hydrogens is 316 g/mol. The molecule has 2 heterocycles. The van der Waals surface area contributed by atoms with Gasteiger partial charge in [-0.25, -0.2) is 0 Å². The highest BCUT2D eigenvalue weighted by Gasteiger charge is 2.19. The monoisotopic (exact) mass is 332 g/mol. The van der Waals surface area contributed by atoms with Gasteiger partial charge in [-0.05, 0) is 48.2 Å². The summed E-state index contributed by atoms with van der Waals surface area (Å²) < 4.78 is 6.84. The molecule has 0 fully saturated rings. The molecule has 1 aromatic heterocycles. The smallest absolute Gasteiger partial charge is 0.125 e. The lowest BCUT2D eigenvalue weighted by atomic mass is 9.98. The first-order valence-electron chi connectivity index (χ1n) is 6.76. The predicted octanol–water partition coefficient (Wildman–Crippen LogP) is 3.33. The van der Waals surface area contributed by atoms with Crippen LogP contribution in [0.2, 0.25) is 0 Å². The van der Waals surface area contributed by atoms with Crippen LogP contribution in [0, 0.1) is 6.92 Å². The van der Waals surface area contributed by atoms with Crippen LogP contribution in [-0.4, -0.2) is 11.6 Å². The van der Waals surface area contributed by atoms with E-state index in [-0.39, 0.29) is 6.04 Å². The Labute approximate surface area is 127 Å². The number of aryl methyl sites for hydroxylation is 1. The summed E-state index contributed by atoms with van der Waals surface area (Å²) in [5.74, 6) is 1.02. The van der Waals surface area contributed by atoms with Crippen LogP contribution in [0.15, 0.2) is 34.9 Å². The normalized spacial score (nSPS) is 14.8. The van der Waals surface area contributed by atoms with Crippen molar-refractivity contribution in [2.45, 2.75) is 25.8 Å². The molecule has 20 heavy (non-hydrogen) atoms. The highest BCUT2D eigenvalue weighted by Crippen LogP contribution is 2.34. The number of hydrogen-bond donors (Lipinski definition) is 1. The molecule has 3 nitrogen and oxygen atoms in total. The first-order valence-corrected chi connectivity index (χ1v) is 7.55. The fourth-order valence-electron chi connectivity index (χ4n) is 2.55. The number of nitrogens with two attached hydrogens (primary N) is 1. The Morgan fingerprint density at radius 2 is 2.25 bits per heavy atom. The summed E-state index contributed by atoms with van der Waals surface area (Å²) in [4.78, 5) is 4.31. The first kappa shape index (κ1) is 13.6. The van der Waals surface area contributed by atoms with Crippen molar-refractivity contribution in [3.63, 3.8) is 0 Å². The van der Waals surface area contributed by atoms with Crippen molar-refractivity contribution < 1.29 is 4.74 Å². The Morgan fingerprint density at radius 3 is 3.00 bits per heavy atom. The minimum absolute atomic E-state index is 0.0642. The third-order valence-corrected chi connectivity index (χ3v) is 4.09. The van der Waals surface area contributed by atoms with E-state index in [1.165, 1.54) is 11.1 Å². The van der Waals surface area contributed by atoms with E-state index in [0.29, 0.717) is 0 Å². The fraction of sp³-hybridized carbons (Fsp3) is 0.312. The van der Waals surface area contributed by atoms with Gasteiger partial charge in [0, 0.05) is 28.8 Å². The quantitative estimate of drug-likeness (QED) is 0.937. The van der Waals surface area contributed by atoms with Gasteiger partial charge < -0.3 is 10.5 Å². The van der Waals surface area contributed by atoms with E-state index in [1.54, 1.807) is 0 Å². The van der Waals surface area contributed by atoms with Crippen LogP contribution in [0.25, 0.3) is 0 Å². The number of halogens is 1. The second-order valence-corrected chi connectivity index (χ2v) is 6.11. The molecule has 1 aliphatic rings. The van der Waals surface area contributed by atoms with Gasteiger partial charge in [0.25, 0.3) is 0 Å². The molecule has 1 unspecified atom stereocenters. The van der Waals surface area contributed by atoms with Gasteiger partial charge in [0.15, 0.2) is 0 Å². The number of ether oxygens (including phenoxy) is 1. The second kappa shape index (κ2) is 5.54. The van der Waals surface area contributed by atoms with Gasteiger partial charge in [0.2, 0.25) is 0 Å². The number of fused-ring (bicyclic) bond motifs is 1. The molecule has 1 aliphatic heterocycles. The zero-order chi connectivity index (χ0) is 14.1. The molecule has 1 atom stereocenters. The average Bonchev–Trinajstić information content (AvgIpc) is 2.87. The Hall–Kier alpha value is -1.39. The number of rotatable bonds is 3. The fourth-order valence-corrected chi connectivity index (χ4v) is 3.10. The van der Waals surface area contributed by atoms with Crippen LogP contribution in [0.4, 0.5) is 0 Å². The Bertz CT molecular complexity index is 625. The maximum atomic E-state index is 6.31. The standard InChI is InChI=1S/C16H17BrN2O/c1-10-2-3-12(9-19-10)15(18)8-13-7-14(17)6-11-4-5-20-16(11)13/h2-3,6-7,9,15H,4-5,8,18H2,1H3. The van der Waals surface area contributed by atoms with Crippen LogP contribution in [0.1, 0.15) is 28.4 Å². The van der Waals surface area contributed by atoms with Crippen molar-refractivity contribution in [2.24, 2.45) is 5.73 Å². The summed E-state index contributed by atoms with van der Waals surface area (Å²) in [5, 5.41) is 0. The van der Waals surface area contributed by atoms with E-state index in [2.05, 4.69) is 33.0 Å². The number of hydrogen-bond acceptors (Lipinski definition) is 3. The molecule has 3 rings (SSSR count). The number of aromatic nitrogens is 1. The van der Waals surface area contributed by atoms with Gasteiger partial charge in [-0.2, -0.15) is 0 Å². The molecule has 0 saturated heterocycles. The number of pyridine rings is 1. The van der Waals surface area contributed by atoms with Crippen molar-refractivity contribution in [2.75, 3.05) is 6.61 Å². The molecule has 2 N–H and O–H groups in total. The summed E-state index contributed by atoms with van der Waals surface area (Å²) in [6.07, 6.45) is 3.59. The maximum absolute atomic E-state index is 6.31. The SMILES string of the molecule is Cc1ccc(C(N)Cc2cc(Br)cc3c2OCC3)cn1. The molecule has 0 bridgehead atoms. The lowest BCUT2D eigenvalue weighted by Crippen LogP contribution is -2.14. The van der Waals surface area contributed by atoms with Crippen molar-refractivity contribution in [3.05, 3.63) is 57.3 Å². The van der Waals surface area contributed by atoms with Crippen molar-refractivity contribution in [1.82, 2.24) is 4.98 Å². The number of benzene rings is 1. The van der Waals surface area contributed by atoms with Crippen molar-refractivity contribution >= 4 is 15.9 Å². The maximum Gasteiger partial charge on any atom is 0.125 e. The summed E-state index contributed by atoms with van der Waals surface area (Å²) in [6.45, 7) is 2.74. The Morgan fingerprint density at radius 1 is 1.40 bits per heavy atom. The molecule has 0 radical (unpaired) electrons. The molecule has 0 aliphatic carbocycles. The molecule has 0 spiro atoms. The van der Waals surface area contributed by atoms with Crippen LogP contribution in [-0.2, 0) is 12.8 Å². The van der Waals surface area contributed by atoms with E-state index in [9.17, 15) is 0 Å². The van der Waals surface area contributed by atoms with E-state index in [1.807, 2.05) is 25.3 Å². The van der Waals surface area contributed by atoms with Gasteiger partial charge in [-0.15, -0.1) is 0 Å². The van der Waals surface area contributed by atoms with E-state index < -0.39 is 0 Å². The Kier molecular flexibility index (Phi) is 3.76. The summed E-state index contributed by atoms with van der Waals surface area (Å²) in [5.41, 5.74) is 10.8. The zero-order valence-electron chi connectivity index (χ0n) is 11.4. The van der Waals surface area contributed by atoms with E-state index in [4.69, 9.17) is 10.5 Å². The predicted molar refractivity (Wildman–Crippen MR) is 82.9 cm³/mol. The van der Waals surface area contributed by atoms with Crippen LogP contribution in [0.3, 0.4) is 0 Å². The van der Waals surface area contributed by atoms with Gasteiger partial charge >= 0.3 is 0 Å². The van der Waals surface area contributed by atoms with Crippen LogP contribution in [0.5, 0.6) is 5.75 Å². The molecular formula is C16H17BrN2O. The van der Waals surface area contributed by atoms with E-state index in [0.717, 1.165) is 40.9 Å². The Balaban J connectivity index is 1.86. The highest BCUT2D eigenvalue weighted by atomic mass is 79.9. The summed E-state index contributed by atoms with van der Waals surface area (Å²) in [7, 11) is 0. The third-order valence-electron chi connectivity index (χ3n) is 3.63. The van der Waals surface area contributed by atoms with Crippen LogP contribution < -0.4 is 10.5 Å². The lowest BCUT2D eigenvalue weighted by molar-refractivity contribution is 0.352. The topological polar surface area (TPSA) is 48.1 Å².